The van der Waals surface area contributed by atoms with Crippen molar-refractivity contribution in [2.45, 2.75) is 13.8 Å². The fourth-order valence-corrected chi connectivity index (χ4v) is 0.232. The van der Waals surface area contributed by atoms with Gasteiger partial charge < -0.3 is 15.5 Å². The first-order valence-electron chi connectivity index (χ1n) is 3.73. The van der Waals surface area contributed by atoms with Crippen molar-refractivity contribution in [3.63, 3.8) is 0 Å². The second-order valence-corrected chi connectivity index (χ2v) is 2.26. The summed E-state index contributed by atoms with van der Waals surface area (Å²) in [7, 11) is 0. The molecule has 0 unspecified atom stereocenters. The molecule has 0 radical (unpaired) electrons. The van der Waals surface area contributed by atoms with Crippen molar-refractivity contribution in [2.75, 3.05) is 13.1 Å². The fourth-order valence-electron chi connectivity index (χ4n) is 0.232. The minimum absolute atomic E-state index is 0.0660. The predicted molar refractivity (Wildman–Crippen MR) is 48.6 cm³/mol. The van der Waals surface area contributed by atoms with Crippen molar-refractivity contribution in [3.05, 3.63) is 12.2 Å². The molecule has 0 saturated carbocycles. The van der Waals surface area contributed by atoms with E-state index in [0.29, 0.717) is 6.54 Å². The van der Waals surface area contributed by atoms with Gasteiger partial charge in [0.25, 0.3) is 0 Å². The average Bonchev–Trinajstić information content (AvgIpc) is 2.01. The third-order valence-corrected chi connectivity index (χ3v) is 0.891. The van der Waals surface area contributed by atoms with Crippen molar-refractivity contribution in [3.8, 4) is 0 Å². The van der Waals surface area contributed by atoms with Gasteiger partial charge >= 0.3 is 11.9 Å². The molecule has 0 aromatic rings. The van der Waals surface area contributed by atoms with E-state index in [0.717, 1.165) is 0 Å². The van der Waals surface area contributed by atoms with E-state index in [4.69, 9.17) is 10.2 Å². The van der Waals surface area contributed by atoms with Gasteiger partial charge in [0.2, 0.25) is 0 Å². The van der Waals surface area contributed by atoms with Crippen LogP contribution in [0.25, 0.3) is 0 Å². The third-order valence-electron chi connectivity index (χ3n) is 0.891. The lowest BCUT2D eigenvalue weighted by atomic mass is 10.4. The van der Waals surface area contributed by atoms with Crippen LogP contribution in [-0.2, 0) is 9.59 Å². The van der Waals surface area contributed by atoms with Crippen LogP contribution in [0, 0.1) is 0 Å². The Morgan fingerprint density at radius 2 is 1.77 bits per heavy atom. The summed E-state index contributed by atoms with van der Waals surface area (Å²) in [5, 5.41) is 18.5. The maximum atomic E-state index is 9.70. The maximum absolute atomic E-state index is 9.70. The summed E-state index contributed by atoms with van der Waals surface area (Å²) >= 11 is 0. The molecule has 0 aliphatic heterocycles. The molecule has 0 aromatic carbocycles. The number of carboxylic acid groups (broad SMARTS) is 2. The first-order valence-corrected chi connectivity index (χ1v) is 3.73. The molecule has 0 aliphatic rings. The highest BCUT2D eigenvalue weighted by Gasteiger charge is 1.90. The van der Waals surface area contributed by atoms with Gasteiger partial charge in [-0.25, -0.2) is 4.79 Å². The monoisotopic (exact) mass is 189 g/mol. The lowest BCUT2D eigenvalue weighted by Gasteiger charge is -1.90. The number of carboxylic acids is 2. The van der Waals surface area contributed by atoms with E-state index in [2.05, 4.69) is 11.9 Å². The van der Waals surface area contributed by atoms with Gasteiger partial charge in [0.1, 0.15) is 0 Å². The molecule has 0 amide bonds. The van der Waals surface area contributed by atoms with Gasteiger partial charge in [-0.2, -0.15) is 0 Å². The van der Waals surface area contributed by atoms with Gasteiger partial charge in [-0.1, -0.05) is 13.5 Å². The van der Waals surface area contributed by atoms with Gasteiger partial charge in [0.05, 0.1) is 6.54 Å². The van der Waals surface area contributed by atoms with E-state index >= 15 is 0 Å². The van der Waals surface area contributed by atoms with Crippen LogP contribution >= 0.6 is 0 Å². The molecule has 0 atom stereocenters. The Morgan fingerprint density at radius 1 is 1.38 bits per heavy atom. The predicted octanol–water partition coefficient (Wildman–Crippen LogP) is 0.328. The van der Waals surface area contributed by atoms with Gasteiger partial charge in [-0.05, 0) is 13.5 Å². The van der Waals surface area contributed by atoms with Crippen LogP contribution in [0.5, 0.6) is 0 Å². The molecule has 3 N–H and O–H groups in total. The Balaban J connectivity index is 0. The zero-order valence-electron chi connectivity index (χ0n) is 7.83. The molecule has 13 heavy (non-hydrogen) atoms. The van der Waals surface area contributed by atoms with Crippen LogP contribution in [0.1, 0.15) is 13.8 Å². The van der Waals surface area contributed by atoms with Crippen LogP contribution in [0.2, 0.25) is 0 Å². The topological polar surface area (TPSA) is 86.6 Å². The largest absolute Gasteiger partial charge is 0.480 e. The zero-order valence-corrected chi connectivity index (χ0v) is 7.83. The van der Waals surface area contributed by atoms with Crippen molar-refractivity contribution < 1.29 is 19.8 Å². The van der Waals surface area contributed by atoms with Gasteiger partial charge in [0, 0.05) is 5.57 Å². The molecular formula is C8H15NO4. The van der Waals surface area contributed by atoms with E-state index in [-0.39, 0.29) is 12.1 Å². The maximum Gasteiger partial charge on any atom is 0.330 e. The van der Waals surface area contributed by atoms with Crippen LogP contribution in [-0.4, -0.2) is 35.2 Å². The summed E-state index contributed by atoms with van der Waals surface area (Å²) in [4.78, 5) is 19.3. The molecule has 5 heteroatoms. The summed E-state index contributed by atoms with van der Waals surface area (Å²) in [6, 6.07) is 0. The highest BCUT2D eigenvalue weighted by atomic mass is 16.4. The third kappa shape index (κ3) is 18.0. The van der Waals surface area contributed by atoms with Crippen molar-refractivity contribution in [1.29, 1.82) is 0 Å². The lowest BCUT2D eigenvalue weighted by molar-refractivity contribution is -0.136. The minimum Gasteiger partial charge on any atom is -0.480 e. The molecule has 0 aromatic heterocycles. The molecule has 0 aliphatic carbocycles. The van der Waals surface area contributed by atoms with E-state index in [9.17, 15) is 9.59 Å². The summed E-state index contributed by atoms with van der Waals surface area (Å²) in [6.45, 7) is 7.25. The fraction of sp³-hybridized carbons (Fsp3) is 0.500. The number of likely N-dealkylation sites (N-methyl/N-ethyl adjacent to an activating group) is 1. The standard InChI is InChI=1S/C4H9NO2.C4H6O2/c1-2-5-3-4(6)7;1-3(2)4(5)6/h5H,2-3H2,1H3,(H,6,7);1H2,2H3,(H,5,6). The highest BCUT2D eigenvalue weighted by molar-refractivity contribution is 5.84. The molecule has 76 valence electrons. The Bertz CT molecular complexity index is 177. The summed E-state index contributed by atoms with van der Waals surface area (Å²) in [6.07, 6.45) is 0. The van der Waals surface area contributed by atoms with E-state index in [1.54, 1.807) is 0 Å². The van der Waals surface area contributed by atoms with E-state index < -0.39 is 11.9 Å². The molecule has 0 fully saturated rings. The molecule has 5 nitrogen and oxygen atoms in total. The number of hydrogen-bond acceptors (Lipinski definition) is 3. The number of rotatable bonds is 4. The Kier molecular flexibility index (Phi) is 9.53. The van der Waals surface area contributed by atoms with E-state index in [1.807, 2.05) is 6.92 Å². The Hall–Kier alpha value is -1.36. The zero-order chi connectivity index (χ0) is 10.9. The molecule has 0 spiro atoms. The molecular weight excluding hydrogens is 174 g/mol. The number of aliphatic carboxylic acids is 2. The van der Waals surface area contributed by atoms with Gasteiger partial charge in [0.15, 0.2) is 0 Å². The minimum atomic E-state index is -0.935. The van der Waals surface area contributed by atoms with Gasteiger partial charge in [-0.15, -0.1) is 0 Å². The summed E-state index contributed by atoms with van der Waals surface area (Å²) in [5.41, 5.74) is 0.176. The molecule has 0 rings (SSSR count). The molecule has 0 saturated heterocycles. The first kappa shape index (κ1) is 14.2. The second-order valence-electron chi connectivity index (χ2n) is 2.26. The number of hydrogen-bond donors (Lipinski definition) is 3. The second kappa shape index (κ2) is 8.73. The average molecular weight is 189 g/mol. The van der Waals surface area contributed by atoms with E-state index in [1.165, 1.54) is 6.92 Å². The van der Waals surface area contributed by atoms with Crippen LogP contribution < -0.4 is 5.32 Å². The molecule has 0 heterocycles. The molecule has 0 bridgehead atoms. The lowest BCUT2D eigenvalue weighted by Crippen LogP contribution is -2.21. The van der Waals surface area contributed by atoms with Crippen molar-refractivity contribution in [1.82, 2.24) is 5.32 Å². The summed E-state index contributed by atoms with van der Waals surface area (Å²) in [5.74, 6) is -1.74. The van der Waals surface area contributed by atoms with Crippen molar-refractivity contribution >= 4 is 11.9 Å². The quantitative estimate of drug-likeness (QED) is 0.555. The Morgan fingerprint density at radius 3 is 1.85 bits per heavy atom. The van der Waals surface area contributed by atoms with Crippen LogP contribution in [0.4, 0.5) is 0 Å². The van der Waals surface area contributed by atoms with Crippen molar-refractivity contribution in [2.24, 2.45) is 0 Å². The normalized spacial score (nSPS) is 8.15. The SMILES string of the molecule is C=C(C)C(=O)O.CCNCC(=O)O. The highest BCUT2D eigenvalue weighted by Crippen LogP contribution is 1.81. The van der Waals surface area contributed by atoms with Gasteiger partial charge in [-0.3, -0.25) is 4.79 Å². The number of nitrogens with one attached hydrogen (secondary N) is 1. The van der Waals surface area contributed by atoms with Crippen LogP contribution in [0.15, 0.2) is 12.2 Å². The smallest absolute Gasteiger partial charge is 0.330 e. The summed E-state index contributed by atoms with van der Waals surface area (Å²) < 4.78 is 0. The number of carbonyl (C=O) groups is 2. The van der Waals surface area contributed by atoms with Crippen LogP contribution in [0.3, 0.4) is 0 Å². The Labute approximate surface area is 77.1 Å². The first-order chi connectivity index (χ1) is 5.91.